The van der Waals surface area contributed by atoms with E-state index in [1.54, 1.807) is 12.1 Å². The van der Waals surface area contributed by atoms with Crippen LogP contribution in [0.4, 0.5) is 0 Å². The number of hydrogen-bond donors (Lipinski definition) is 0. The Balaban J connectivity index is 1.75. The van der Waals surface area contributed by atoms with E-state index in [2.05, 4.69) is 0 Å². The Morgan fingerprint density at radius 3 is 2.04 bits per heavy atom. The van der Waals surface area contributed by atoms with Crippen LogP contribution >= 0.6 is 0 Å². The van der Waals surface area contributed by atoms with Gasteiger partial charge in [0.2, 0.25) is 0 Å². The van der Waals surface area contributed by atoms with Gasteiger partial charge in [-0.15, -0.1) is 9.35 Å². The van der Waals surface area contributed by atoms with Gasteiger partial charge in [0.15, 0.2) is 0 Å². The number of benzene rings is 2. The largest absolute Gasteiger partial charge is 0.494 e. The van der Waals surface area contributed by atoms with Crippen molar-refractivity contribution in [3.8, 4) is 5.75 Å². The van der Waals surface area contributed by atoms with Crippen LogP contribution in [0, 0.1) is 0 Å². The molecule has 1 aliphatic heterocycles. The van der Waals surface area contributed by atoms with Crippen LogP contribution < -0.4 is 4.74 Å². The Kier molecular flexibility index (Phi) is 5.06. The summed E-state index contributed by atoms with van der Waals surface area (Å²) in [7, 11) is -4.34. The highest BCUT2D eigenvalue weighted by Crippen LogP contribution is 2.26. The highest BCUT2D eigenvalue weighted by Gasteiger charge is 2.39. The number of carbonyl (C=O) groups excluding carboxylic acids is 2. The molecular formula is C18H17NO6S. The first-order chi connectivity index (χ1) is 12.4. The number of rotatable bonds is 7. The predicted octanol–water partition coefficient (Wildman–Crippen LogP) is 2.78. The normalized spacial score (nSPS) is 13.8. The molecule has 0 spiro atoms. The summed E-state index contributed by atoms with van der Waals surface area (Å²) in [5.74, 6) is -1.10. The van der Waals surface area contributed by atoms with Crippen molar-refractivity contribution >= 4 is 21.9 Å². The van der Waals surface area contributed by atoms with Gasteiger partial charge in [0, 0.05) is 0 Å². The topological polar surface area (TPSA) is 90.0 Å². The van der Waals surface area contributed by atoms with Gasteiger partial charge in [0.05, 0.1) is 22.6 Å². The summed E-state index contributed by atoms with van der Waals surface area (Å²) in [5, 5.41) is 0.270. The summed E-state index contributed by atoms with van der Waals surface area (Å²) >= 11 is 0. The minimum atomic E-state index is -4.34. The molecule has 0 unspecified atom stereocenters. The number of imide groups is 1. The molecule has 0 saturated carbocycles. The highest BCUT2D eigenvalue weighted by atomic mass is 32.2. The third-order valence-corrected chi connectivity index (χ3v) is 5.00. The van der Waals surface area contributed by atoms with Gasteiger partial charge in [-0.05, 0) is 42.8 Å². The molecule has 0 aromatic heterocycles. The molecule has 0 radical (unpaired) electrons. The number of amides is 2. The molecule has 0 atom stereocenters. The van der Waals surface area contributed by atoms with Crippen LogP contribution in [0.15, 0.2) is 53.4 Å². The van der Waals surface area contributed by atoms with Crippen LogP contribution in [0.25, 0.3) is 0 Å². The molecule has 8 heteroatoms. The molecule has 7 nitrogen and oxygen atoms in total. The van der Waals surface area contributed by atoms with Crippen LogP contribution in [0.5, 0.6) is 5.75 Å². The van der Waals surface area contributed by atoms with E-state index in [1.807, 2.05) is 6.92 Å². The average molecular weight is 375 g/mol. The first-order valence-electron chi connectivity index (χ1n) is 8.09. The standard InChI is InChI=1S/C18H17NO6S/c1-2-3-12-24-13-8-10-14(11-9-13)26(22,23)25-19-17(20)15-6-4-5-7-16(15)18(19)21/h4-11H,2-3,12H2,1H3. The van der Waals surface area contributed by atoms with Crippen LogP contribution in [0.3, 0.4) is 0 Å². The van der Waals surface area contributed by atoms with Gasteiger partial charge in [0.25, 0.3) is 11.8 Å². The zero-order valence-electron chi connectivity index (χ0n) is 14.0. The predicted molar refractivity (Wildman–Crippen MR) is 92.1 cm³/mol. The maximum Gasteiger partial charge on any atom is 0.318 e. The van der Waals surface area contributed by atoms with Gasteiger partial charge in [-0.2, -0.15) is 8.42 Å². The Morgan fingerprint density at radius 2 is 1.50 bits per heavy atom. The molecule has 0 fully saturated rings. The molecule has 1 heterocycles. The van der Waals surface area contributed by atoms with Crippen LogP contribution in [-0.4, -0.2) is 31.9 Å². The van der Waals surface area contributed by atoms with Crippen molar-refractivity contribution in [2.45, 2.75) is 24.7 Å². The van der Waals surface area contributed by atoms with Gasteiger partial charge >= 0.3 is 10.1 Å². The summed E-state index contributed by atoms with van der Waals surface area (Å²) in [6.07, 6.45) is 1.88. The lowest BCUT2D eigenvalue weighted by molar-refractivity contribution is -0.0103. The van der Waals surface area contributed by atoms with Gasteiger partial charge in [-0.3, -0.25) is 9.59 Å². The zero-order chi connectivity index (χ0) is 18.7. The maximum atomic E-state index is 12.4. The fourth-order valence-corrected chi connectivity index (χ4v) is 3.30. The lowest BCUT2D eigenvalue weighted by atomic mass is 10.1. The molecule has 136 valence electrons. The zero-order valence-corrected chi connectivity index (χ0v) is 14.9. The van der Waals surface area contributed by atoms with E-state index in [4.69, 9.17) is 9.02 Å². The second kappa shape index (κ2) is 7.27. The first kappa shape index (κ1) is 18.1. The van der Waals surface area contributed by atoms with E-state index in [1.165, 1.54) is 36.4 Å². The molecule has 0 bridgehead atoms. The highest BCUT2D eigenvalue weighted by molar-refractivity contribution is 7.86. The van der Waals surface area contributed by atoms with Gasteiger partial charge < -0.3 is 4.74 Å². The van der Waals surface area contributed by atoms with Gasteiger partial charge in [0.1, 0.15) is 5.75 Å². The third-order valence-electron chi connectivity index (χ3n) is 3.81. The number of fused-ring (bicyclic) bond motifs is 1. The molecule has 2 aromatic carbocycles. The molecule has 2 aromatic rings. The lowest BCUT2D eigenvalue weighted by Gasteiger charge is -2.13. The lowest BCUT2D eigenvalue weighted by Crippen LogP contribution is -2.32. The van der Waals surface area contributed by atoms with Gasteiger partial charge in [-0.1, -0.05) is 25.5 Å². The monoisotopic (exact) mass is 375 g/mol. The van der Waals surface area contributed by atoms with Crippen molar-refractivity contribution in [3.63, 3.8) is 0 Å². The smallest absolute Gasteiger partial charge is 0.318 e. The number of unbranched alkanes of at least 4 members (excludes halogenated alkanes) is 1. The number of hydroxylamine groups is 2. The second-order valence-electron chi connectivity index (χ2n) is 5.65. The molecule has 26 heavy (non-hydrogen) atoms. The van der Waals surface area contributed by atoms with Crippen molar-refractivity contribution in [2.24, 2.45) is 0 Å². The summed E-state index contributed by atoms with van der Waals surface area (Å²) < 4.78 is 35.1. The van der Waals surface area contributed by atoms with Crippen molar-refractivity contribution in [3.05, 3.63) is 59.7 Å². The second-order valence-corrected chi connectivity index (χ2v) is 7.18. The number of hydrogen-bond acceptors (Lipinski definition) is 6. The molecule has 0 saturated heterocycles. The van der Waals surface area contributed by atoms with Crippen LogP contribution in [-0.2, 0) is 14.4 Å². The van der Waals surface area contributed by atoms with E-state index in [-0.39, 0.29) is 21.1 Å². The maximum absolute atomic E-state index is 12.4. The van der Waals surface area contributed by atoms with E-state index >= 15 is 0 Å². The van der Waals surface area contributed by atoms with Crippen molar-refractivity contribution in [2.75, 3.05) is 6.61 Å². The number of ether oxygens (including phenoxy) is 1. The van der Waals surface area contributed by atoms with Gasteiger partial charge in [-0.25, -0.2) is 0 Å². The third kappa shape index (κ3) is 3.47. The Morgan fingerprint density at radius 1 is 0.923 bits per heavy atom. The van der Waals surface area contributed by atoms with E-state index < -0.39 is 21.9 Å². The Labute approximate surface area is 151 Å². The summed E-state index contributed by atoms with van der Waals surface area (Å²) in [6.45, 7) is 2.57. The number of carbonyl (C=O) groups is 2. The van der Waals surface area contributed by atoms with E-state index in [0.29, 0.717) is 12.4 Å². The molecule has 3 rings (SSSR count). The number of nitrogens with zero attached hydrogens (tertiary/aromatic N) is 1. The minimum absolute atomic E-state index is 0.104. The first-order valence-corrected chi connectivity index (χ1v) is 9.50. The van der Waals surface area contributed by atoms with Crippen LogP contribution in [0.2, 0.25) is 0 Å². The Hall–Kier alpha value is -2.71. The average Bonchev–Trinajstić information content (AvgIpc) is 2.87. The summed E-state index contributed by atoms with van der Waals surface area (Å²) in [4.78, 5) is 24.2. The van der Waals surface area contributed by atoms with Crippen LogP contribution in [0.1, 0.15) is 40.5 Å². The minimum Gasteiger partial charge on any atom is -0.494 e. The van der Waals surface area contributed by atoms with Crippen molar-refractivity contribution in [1.82, 2.24) is 5.06 Å². The van der Waals surface area contributed by atoms with Crippen molar-refractivity contribution in [1.29, 1.82) is 0 Å². The molecule has 0 aliphatic carbocycles. The fraction of sp³-hybridized carbons (Fsp3) is 0.222. The van der Waals surface area contributed by atoms with Crippen molar-refractivity contribution < 1.29 is 27.0 Å². The van der Waals surface area contributed by atoms with E-state index in [0.717, 1.165) is 12.8 Å². The van der Waals surface area contributed by atoms with E-state index in [9.17, 15) is 18.0 Å². The SMILES string of the molecule is CCCCOc1ccc(S(=O)(=O)ON2C(=O)c3ccccc3C2=O)cc1. The molecule has 0 N–H and O–H groups in total. The summed E-state index contributed by atoms with van der Waals surface area (Å²) in [5.41, 5.74) is 0.208. The summed E-state index contributed by atoms with van der Waals surface area (Å²) in [6, 6.07) is 11.6. The molecular weight excluding hydrogens is 358 g/mol. The molecule has 2 amide bonds. The fourth-order valence-electron chi connectivity index (χ4n) is 2.41. The quantitative estimate of drug-likeness (QED) is 0.546. The Bertz CT molecular complexity index is 901. The molecule has 1 aliphatic rings.